The summed E-state index contributed by atoms with van der Waals surface area (Å²) in [6.45, 7) is 5.67. The van der Waals surface area contributed by atoms with E-state index in [2.05, 4.69) is 10.3 Å². The highest BCUT2D eigenvalue weighted by Gasteiger charge is 2.11. The largest absolute Gasteiger partial charge is 0.448 e. The molecular weight excluding hydrogens is 168 g/mol. The average Bonchev–Trinajstić information content (AvgIpc) is 2.51. The van der Waals surface area contributed by atoms with Crippen LogP contribution >= 0.6 is 0 Å². The van der Waals surface area contributed by atoms with Gasteiger partial charge in [0.15, 0.2) is 11.6 Å². The lowest BCUT2D eigenvalue weighted by atomic mass is 10.2. The number of hydrogen-bond donors (Lipinski definition) is 1. The van der Waals surface area contributed by atoms with Gasteiger partial charge in [0.25, 0.3) is 5.91 Å². The molecule has 13 heavy (non-hydrogen) atoms. The molecule has 1 rings (SSSR count). The molecule has 72 valence electrons. The summed E-state index contributed by atoms with van der Waals surface area (Å²) in [7, 11) is 0. The third-order valence-electron chi connectivity index (χ3n) is 1.84. The molecule has 1 atom stereocenters. The summed E-state index contributed by atoms with van der Waals surface area (Å²) in [6.07, 6.45) is 2.27. The second-order valence-corrected chi connectivity index (χ2v) is 3.03. The molecule has 1 unspecified atom stereocenters. The Morgan fingerprint density at radius 2 is 2.46 bits per heavy atom. The van der Waals surface area contributed by atoms with E-state index in [0.29, 0.717) is 11.6 Å². The van der Waals surface area contributed by atoms with Gasteiger partial charge < -0.3 is 9.73 Å². The molecule has 0 spiro atoms. The molecule has 1 amide bonds. The molecule has 4 nitrogen and oxygen atoms in total. The summed E-state index contributed by atoms with van der Waals surface area (Å²) in [5, 5.41) is 2.80. The minimum absolute atomic E-state index is 0.171. The SMILES string of the molecule is CCC(C)NC(=O)c1coc(C)n1. The first-order chi connectivity index (χ1) is 6.13. The Hall–Kier alpha value is -1.32. The van der Waals surface area contributed by atoms with Crippen molar-refractivity contribution in [2.24, 2.45) is 0 Å². The number of amides is 1. The monoisotopic (exact) mass is 182 g/mol. The minimum Gasteiger partial charge on any atom is -0.448 e. The molecule has 0 fully saturated rings. The summed E-state index contributed by atoms with van der Waals surface area (Å²) in [5.74, 6) is 0.334. The Morgan fingerprint density at radius 3 is 2.92 bits per heavy atom. The van der Waals surface area contributed by atoms with Crippen LogP contribution in [-0.2, 0) is 0 Å². The molecular formula is C9H14N2O2. The van der Waals surface area contributed by atoms with Gasteiger partial charge >= 0.3 is 0 Å². The third-order valence-corrected chi connectivity index (χ3v) is 1.84. The van der Waals surface area contributed by atoms with Crippen molar-refractivity contribution in [3.05, 3.63) is 17.8 Å². The van der Waals surface area contributed by atoms with Crippen LogP contribution in [0.5, 0.6) is 0 Å². The summed E-state index contributed by atoms with van der Waals surface area (Å²) >= 11 is 0. The third kappa shape index (κ3) is 2.57. The number of nitrogens with one attached hydrogen (secondary N) is 1. The molecule has 1 N–H and O–H groups in total. The second kappa shape index (κ2) is 4.07. The van der Waals surface area contributed by atoms with Crippen molar-refractivity contribution in [3.8, 4) is 0 Å². The lowest BCUT2D eigenvalue weighted by Crippen LogP contribution is -2.32. The Morgan fingerprint density at radius 1 is 1.77 bits per heavy atom. The molecule has 4 heteroatoms. The van der Waals surface area contributed by atoms with Gasteiger partial charge in [-0.15, -0.1) is 0 Å². The van der Waals surface area contributed by atoms with Gasteiger partial charge in [-0.1, -0.05) is 6.92 Å². The molecule has 0 radical (unpaired) electrons. The molecule has 0 saturated heterocycles. The summed E-state index contributed by atoms with van der Waals surface area (Å²) in [5.41, 5.74) is 0.345. The molecule has 0 aliphatic rings. The molecule has 1 heterocycles. The first kappa shape index (κ1) is 9.77. The van der Waals surface area contributed by atoms with Crippen molar-refractivity contribution in [2.75, 3.05) is 0 Å². The molecule has 1 aromatic heterocycles. The quantitative estimate of drug-likeness (QED) is 0.770. The summed E-state index contributed by atoms with van der Waals surface area (Å²) in [6, 6.07) is 0.171. The van der Waals surface area contributed by atoms with Gasteiger partial charge in [-0.2, -0.15) is 0 Å². The van der Waals surface area contributed by atoms with Crippen LogP contribution in [0.4, 0.5) is 0 Å². The van der Waals surface area contributed by atoms with Gasteiger partial charge in [0.2, 0.25) is 0 Å². The molecule has 0 aliphatic heterocycles. The number of hydrogen-bond acceptors (Lipinski definition) is 3. The van der Waals surface area contributed by atoms with E-state index >= 15 is 0 Å². The van der Waals surface area contributed by atoms with Crippen LogP contribution in [0.15, 0.2) is 10.7 Å². The maximum Gasteiger partial charge on any atom is 0.273 e. The number of aryl methyl sites for hydroxylation is 1. The highest BCUT2D eigenvalue weighted by molar-refractivity contribution is 5.92. The lowest BCUT2D eigenvalue weighted by Gasteiger charge is -2.08. The number of rotatable bonds is 3. The zero-order valence-electron chi connectivity index (χ0n) is 8.13. The number of carbonyl (C=O) groups is 1. The van der Waals surface area contributed by atoms with Crippen molar-refractivity contribution in [1.29, 1.82) is 0 Å². The van der Waals surface area contributed by atoms with Crippen LogP contribution in [0.1, 0.15) is 36.6 Å². The number of nitrogens with zero attached hydrogens (tertiary/aromatic N) is 1. The summed E-state index contributed by atoms with van der Waals surface area (Å²) in [4.78, 5) is 15.3. The van der Waals surface area contributed by atoms with Gasteiger partial charge in [0, 0.05) is 13.0 Å². The van der Waals surface area contributed by atoms with Crippen molar-refractivity contribution < 1.29 is 9.21 Å². The van der Waals surface area contributed by atoms with E-state index in [-0.39, 0.29) is 11.9 Å². The fourth-order valence-electron chi connectivity index (χ4n) is 0.868. The molecule has 0 aromatic carbocycles. The van der Waals surface area contributed by atoms with Gasteiger partial charge in [-0.3, -0.25) is 4.79 Å². The van der Waals surface area contributed by atoms with Crippen LogP contribution in [0, 0.1) is 6.92 Å². The van der Waals surface area contributed by atoms with E-state index in [4.69, 9.17) is 4.42 Å². The van der Waals surface area contributed by atoms with E-state index < -0.39 is 0 Å². The van der Waals surface area contributed by atoms with Crippen LogP contribution in [0.2, 0.25) is 0 Å². The fourth-order valence-corrected chi connectivity index (χ4v) is 0.868. The van der Waals surface area contributed by atoms with E-state index in [1.165, 1.54) is 6.26 Å². The maximum atomic E-state index is 11.4. The van der Waals surface area contributed by atoms with Crippen molar-refractivity contribution in [1.82, 2.24) is 10.3 Å². The predicted molar refractivity (Wildman–Crippen MR) is 48.5 cm³/mol. The fraction of sp³-hybridized carbons (Fsp3) is 0.556. The van der Waals surface area contributed by atoms with Gasteiger partial charge in [-0.25, -0.2) is 4.98 Å². The van der Waals surface area contributed by atoms with Gasteiger partial charge in [0.1, 0.15) is 6.26 Å². The van der Waals surface area contributed by atoms with Gasteiger partial charge in [-0.05, 0) is 13.3 Å². The Bertz CT molecular complexity index is 294. The smallest absolute Gasteiger partial charge is 0.273 e. The number of oxazole rings is 1. The van der Waals surface area contributed by atoms with Crippen LogP contribution in [0.3, 0.4) is 0 Å². The Balaban J connectivity index is 2.58. The van der Waals surface area contributed by atoms with E-state index in [9.17, 15) is 4.79 Å². The minimum atomic E-state index is -0.175. The average molecular weight is 182 g/mol. The summed E-state index contributed by atoms with van der Waals surface area (Å²) < 4.78 is 4.93. The van der Waals surface area contributed by atoms with Crippen LogP contribution in [0.25, 0.3) is 0 Å². The molecule has 0 saturated carbocycles. The zero-order valence-corrected chi connectivity index (χ0v) is 8.13. The normalized spacial score (nSPS) is 12.5. The highest BCUT2D eigenvalue weighted by Crippen LogP contribution is 2.00. The maximum absolute atomic E-state index is 11.4. The highest BCUT2D eigenvalue weighted by atomic mass is 16.3. The standard InChI is InChI=1S/C9H14N2O2/c1-4-6(2)10-9(12)8-5-13-7(3)11-8/h5-6H,4H2,1-3H3,(H,10,12). The van der Waals surface area contributed by atoms with Gasteiger partial charge in [0.05, 0.1) is 0 Å². The van der Waals surface area contributed by atoms with Crippen molar-refractivity contribution in [3.63, 3.8) is 0 Å². The van der Waals surface area contributed by atoms with Crippen molar-refractivity contribution in [2.45, 2.75) is 33.2 Å². The molecule has 1 aromatic rings. The predicted octanol–water partition coefficient (Wildman–Crippen LogP) is 1.51. The molecule has 0 aliphatic carbocycles. The second-order valence-electron chi connectivity index (χ2n) is 3.03. The Labute approximate surface area is 77.3 Å². The van der Waals surface area contributed by atoms with E-state index in [1.807, 2.05) is 13.8 Å². The van der Waals surface area contributed by atoms with E-state index in [1.54, 1.807) is 6.92 Å². The lowest BCUT2D eigenvalue weighted by molar-refractivity contribution is 0.0934. The first-order valence-electron chi connectivity index (χ1n) is 4.36. The molecule has 0 bridgehead atoms. The van der Waals surface area contributed by atoms with Crippen LogP contribution in [-0.4, -0.2) is 16.9 Å². The number of aromatic nitrogens is 1. The first-order valence-corrected chi connectivity index (χ1v) is 4.36. The van der Waals surface area contributed by atoms with Crippen LogP contribution < -0.4 is 5.32 Å². The zero-order chi connectivity index (χ0) is 9.84. The topological polar surface area (TPSA) is 55.1 Å². The number of carbonyl (C=O) groups excluding carboxylic acids is 1. The Kier molecular flexibility index (Phi) is 3.06. The van der Waals surface area contributed by atoms with Crippen molar-refractivity contribution >= 4 is 5.91 Å². The van der Waals surface area contributed by atoms with E-state index in [0.717, 1.165) is 6.42 Å².